The van der Waals surface area contributed by atoms with E-state index < -0.39 is 48.9 Å². The second-order valence-electron chi connectivity index (χ2n) is 14.8. The van der Waals surface area contributed by atoms with Crippen molar-refractivity contribution in [3.63, 3.8) is 0 Å². The fourth-order valence-corrected chi connectivity index (χ4v) is 7.15. The number of halogens is 3. The zero-order chi connectivity index (χ0) is 39.5. The molecular weight excluding hydrogens is 723 g/mol. The molecule has 11 heteroatoms. The first-order valence-corrected chi connectivity index (χ1v) is 19.3. The Labute approximate surface area is 327 Å². The summed E-state index contributed by atoms with van der Waals surface area (Å²) in [7, 11) is 0. The SMILES string of the molecule is CC1[C@@H](O[C@H]2C(COCc3ccccc3)OC(O/C(=N/c3ccccc3)C(F)(F)F)C(OCc3ccccc3)[C@H]2C)OC(COCc2ccccc2)[C@@H](C)[C@@H]1C. The van der Waals surface area contributed by atoms with Crippen LogP contribution in [0.15, 0.2) is 126 Å². The number of ether oxygens (including phenoxy) is 7. The number of benzene rings is 4. The first kappa shape index (κ1) is 41.5. The molecule has 10 atom stereocenters. The summed E-state index contributed by atoms with van der Waals surface area (Å²) in [6.07, 6.45) is -9.94. The van der Waals surface area contributed by atoms with Crippen LogP contribution in [0.25, 0.3) is 0 Å². The van der Waals surface area contributed by atoms with Crippen LogP contribution in [0.5, 0.6) is 0 Å². The van der Waals surface area contributed by atoms with Gasteiger partial charge in [0.25, 0.3) is 5.90 Å². The zero-order valence-corrected chi connectivity index (χ0v) is 32.3. The average Bonchev–Trinajstić information content (AvgIpc) is 3.20. The molecule has 0 bridgehead atoms. The molecule has 2 heterocycles. The number of hydrogen-bond donors (Lipinski definition) is 0. The molecule has 2 fully saturated rings. The van der Waals surface area contributed by atoms with Crippen molar-refractivity contribution in [2.24, 2.45) is 28.7 Å². The van der Waals surface area contributed by atoms with Crippen LogP contribution in [0.4, 0.5) is 18.9 Å². The molecule has 300 valence electrons. The summed E-state index contributed by atoms with van der Waals surface area (Å²) in [6, 6.07) is 36.8. The monoisotopic (exact) mass is 775 g/mol. The summed E-state index contributed by atoms with van der Waals surface area (Å²) in [6.45, 7) is 9.49. The van der Waals surface area contributed by atoms with Crippen LogP contribution in [-0.2, 0) is 53.0 Å². The minimum atomic E-state index is -4.92. The van der Waals surface area contributed by atoms with E-state index in [0.29, 0.717) is 13.2 Å². The Kier molecular flexibility index (Phi) is 14.7. The molecule has 0 N–H and O–H groups in total. The molecular formula is C45H52F3NO7. The van der Waals surface area contributed by atoms with Crippen LogP contribution in [-0.4, -0.2) is 62.3 Å². The van der Waals surface area contributed by atoms with Crippen LogP contribution in [0.3, 0.4) is 0 Å². The molecule has 0 amide bonds. The highest BCUT2D eigenvalue weighted by Gasteiger charge is 2.51. The van der Waals surface area contributed by atoms with Crippen molar-refractivity contribution in [2.75, 3.05) is 13.2 Å². The topological polar surface area (TPSA) is 77.0 Å². The summed E-state index contributed by atoms with van der Waals surface area (Å²) in [5.41, 5.74) is 2.93. The number of rotatable bonds is 15. The number of aliphatic imine (C=N–C) groups is 1. The van der Waals surface area contributed by atoms with Gasteiger partial charge in [0.15, 0.2) is 6.29 Å². The van der Waals surface area contributed by atoms with Gasteiger partial charge in [-0.05, 0) is 40.7 Å². The molecule has 2 saturated heterocycles. The standard InChI is InChI=1S/C45H52F3NO7/c1-30-31(2)38(28-50-25-34-17-9-5-10-18-34)53-42(32(30)3)55-40-33(4)41(52-27-36-21-13-7-14-22-36)43(54-39(40)29-51-26-35-19-11-6-12-20-35)56-44(45(46,47)48)49-37-23-15-8-16-24-37/h5-24,30-33,38-43H,25-29H2,1-4H3/b49-44+/t30-,31-,32?,33-,38?,39?,40+,41?,42+,43?/m0/s1. The molecule has 2 aliphatic heterocycles. The second-order valence-corrected chi connectivity index (χ2v) is 14.8. The Morgan fingerprint density at radius 2 is 1.04 bits per heavy atom. The van der Waals surface area contributed by atoms with Crippen LogP contribution in [0.1, 0.15) is 44.4 Å². The predicted molar refractivity (Wildman–Crippen MR) is 207 cm³/mol. The number of hydrogen-bond acceptors (Lipinski definition) is 8. The molecule has 6 rings (SSSR count). The maximum absolute atomic E-state index is 14.6. The van der Waals surface area contributed by atoms with E-state index in [-0.39, 0.29) is 49.4 Å². The molecule has 5 unspecified atom stereocenters. The van der Waals surface area contributed by atoms with E-state index >= 15 is 0 Å². The first-order chi connectivity index (χ1) is 27.1. The smallest absolute Gasteiger partial charge is 0.441 e. The fourth-order valence-electron chi connectivity index (χ4n) is 7.15. The molecule has 8 nitrogen and oxygen atoms in total. The number of nitrogens with zero attached hydrogens (tertiary/aromatic N) is 1. The third-order valence-corrected chi connectivity index (χ3v) is 10.8. The summed E-state index contributed by atoms with van der Waals surface area (Å²) >= 11 is 0. The highest BCUT2D eigenvalue weighted by atomic mass is 19.4. The van der Waals surface area contributed by atoms with E-state index in [1.807, 2.05) is 97.9 Å². The molecule has 0 aliphatic carbocycles. The van der Waals surface area contributed by atoms with Crippen molar-refractivity contribution in [1.29, 1.82) is 0 Å². The lowest BCUT2D eigenvalue weighted by Crippen LogP contribution is -2.60. The molecule has 2 aliphatic rings. The van der Waals surface area contributed by atoms with E-state index in [0.717, 1.165) is 16.7 Å². The van der Waals surface area contributed by atoms with Crippen molar-refractivity contribution in [3.05, 3.63) is 138 Å². The van der Waals surface area contributed by atoms with Gasteiger partial charge in [-0.1, -0.05) is 137 Å². The Bertz CT molecular complexity index is 1760. The van der Waals surface area contributed by atoms with E-state index in [4.69, 9.17) is 33.2 Å². The van der Waals surface area contributed by atoms with Crippen molar-refractivity contribution in [1.82, 2.24) is 0 Å². The van der Waals surface area contributed by atoms with E-state index in [9.17, 15) is 13.2 Å². The van der Waals surface area contributed by atoms with Gasteiger partial charge in [0.2, 0.25) is 6.29 Å². The molecule has 0 radical (unpaired) electrons. The van der Waals surface area contributed by atoms with Gasteiger partial charge in [0.1, 0.15) is 12.2 Å². The van der Waals surface area contributed by atoms with Crippen LogP contribution in [0.2, 0.25) is 0 Å². The summed E-state index contributed by atoms with van der Waals surface area (Å²) in [5.74, 6) is -1.64. The van der Waals surface area contributed by atoms with Crippen LogP contribution in [0, 0.1) is 23.7 Å². The Morgan fingerprint density at radius 1 is 0.554 bits per heavy atom. The third-order valence-electron chi connectivity index (χ3n) is 10.8. The fraction of sp³-hybridized carbons (Fsp3) is 0.444. The van der Waals surface area contributed by atoms with Crippen molar-refractivity contribution < 1.29 is 46.3 Å². The van der Waals surface area contributed by atoms with Crippen molar-refractivity contribution in [2.45, 2.75) is 90.7 Å². The Morgan fingerprint density at radius 3 is 1.57 bits per heavy atom. The Hall–Kier alpha value is -4.10. The molecule has 0 spiro atoms. The van der Waals surface area contributed by atoms with Gasteiger partial charge in [-0.25, -0.2) is 4.99 Å². The second kappa shape index (κ2) is 19.9. The zero-order valence-electron chi connectivity index (χ0n) is 32.3. The summed E-state index contributed by atoms with van der Waals surface area (Å²) in [5, 5.41) is 0. The number of alkyl halides is 3. The lowest BCUT2D eigenvalue weighted by Gasteiger charge is -2.49. The first-order valence-electron chi connectivity index (χ1n) is 19.3. The van der Waals surface area contributed by atoms with Gasteiger partial charge in [-0.3, -0.25) is 0 Å². The average molecular weight is 776 g/mol. The van der Waals surface area contributed by atoms with E-state index in [1.165, 1.54) is 12.1 Å². The molecule has 0 saturated carbocycles. The van der Waals surface area contributed by atoms with E-state index in [2.05, 4.69) is 25.8 Å². The maximum atomic E-state index is 14.6. The summed E-state index contributed by atoms with van der Waals surface area (Å²) < 4.78 is 88.4. The molecule has 56 heavy (non-hydrogen) atoms. The van der Waals surface area contributed by atoms with Crippen molar-refractivity contribution in [3.8, 4) is 0 Å². The largest absolute Gasteiger partial charge is 0.468 e. The van der Waals surface area contributed by atoms with Gasteiger partial charge in [-0.15, -0.1) is 0 Å². The van der Waals surface area contributed by atoms with Crippen LogP contribution >= 0.6 is 0 Å². The normalized spacial score (nSPS) is 28.5. The minimum absolute atomic E-state index is 0.00299. The molecule has 4 aromatic rings. The highest BCUT2D eigenvalue weighted by Crippen LogP contribution is 2.40. The Balaban J connectivity index is 1.27. The summed E-state index contributed by atoms with van der Waals surface area (Å²) in [4.78, 5) is 3.86. The minimum Gasteiger partial charge on any atom is -0.441 e. The maximum Gasteiger partial charge on any atom is 0.468 e. The molecule has 4 aromatic carbocycles. The van der Waals surface area contributed by atoms with Gasteiger partial charge >= 0.3 is 6.18 Å². The van der Waals surface area contributed by atoms with Gasteiger partial charge < -0.3 is 33.2 Å². The van der Waals surface area contributed by atoms with Gasteiger partial charge in [0, 0.05) is 11.8 Å². The van der Waals surface area contributed by atoms with E-state index in [1.54, 1.807) is 18.2 Å². The molecule has 0 aromatic heterocycles. The van der Waals surface area contributed by atoms with Gasteiger partial charge in [-0.2, -0.15) is 13.2 Å². The quantitative estimate of drug-likeness (QED) is 0.0880. The third kappa shape index (κ3) is 11.3. The highest BCUT2D eigenvalue weighted by molar-refractivity contribution is 5.84. The van der Waals surface area contributed by atoms with Crippen LogP contribution < -0.4 is 0 Å². The van der Waals surface area contributed by atoms with Gasteiger partial charge in [0.05, 0.1) is 50.9 Å². The number of para-hydroxylation sites is 1. The predicted octanol–water partition coefficient (Wildman–Crippen LogP) is 9.69. The lowest BCUT2D eigenvalue weighted by molar-refractivity contribution is -0.336. The lowest BCUT2D eigenvalue weighted by atomic mass is 9.79. The van der Waals surface area contributed by atoms with Crippen molar-refractivity contribution >= 4 is 11.6 Å².